The van der Waals surface area contributed by atoms with E-state index >= 15 is 0 Å². The zero-order valence-corrected chi connectivity index (χ0v) is 10.4. The number of hydrazine groups is 1. The number of nitrogen functional groups attached to an aromatic ring is 2. The fraction of sp³-hybridized carbons (Fsp3) is 0.0714. The highest BCUT2D eigenvalue weighted by molar-refractivity contribution is 5.78. The van der Waals surface area contributed by atoms with Gasteiger partial charge in [0.25, 0.3) is 0 Å². The van der Waals surface area contributed by atoms with Crippen molar-refractivity contribution in [3.63, 3.8) is 0 Å². The molecular formula is C14H15N5. The molecule has 0 aliphatic heterocycles. The summed E-state index contributed by atoms with van der Waals surface area (Å²) >= 11 is 0. The highest BCUT2D eigenvalue weighted by Crippen LogP contribution is 2.20. The molecule has 5 nitrogen and oxygen atoms in total. The van der Waals surface area contributed by atoms with E-state index in [9.17, 15) is 0 Å². The maximum Gasteiger partial charge on any atom is 0.218 e. The minimum absolute atomic E-state index is 0.651. The van der Waals surface area contributed by atoms with Crippen LogP contribution >= 0.6 is 0 Å². The van der Waals surface area contributed by atoms with E-state index in [1.807, 2.05) is 53.1 Å². The molecule has 3 rings (SSSR count). The Hall–Kier alpha value is -2.53. The molecule has 5 N–H and O–H groups in total. The summed E-state index contributed by atoms with van der Waals surface area (Å²) in [6.07, 6.45) is 0. The van der Waals surface area contributed by atoms with Crippen molar-refractivity contribution in [2.45, 2.75) is 6.54 Å². The van der Waals surface area contributed by atoms with Crippen LogP contribution < -0.4 is 17.0 Å². The molecule has 1 heterocycles. The van der Waals surface area contributed by atoms with Crippen LogP contribution in [-0.4, -0.2) is 9.55 Å². The fourth-order valence-corrected chi connectivity index (χ4v) is 2.15. The van der Waals surface area contributed by atoms with Gasteiger partial charge in [-0.3, -0.25) is 5.43 Å². The zero-order chi connectivity index (χ0) is 13.2. The Balaban J connectivity index is 2.06. The molecule has 0 fully saturated rings. The Labute approximate surface area is 110 Å². The topological polar surface area (TPSA) is 81.9 Å². The summed E-state index contributed by atoms with van der Waals surface area (Å²) < 4.78 is 2.04. The second kappa shape index (κ2) is 4.62. The van der Waals surface area contributed by atoms with Crippen molar-refractivity contribution in [2.75, 3.05) is 11.2 Å². The molecule has 0 saturated heterocycles. The van der Waals surface area contributed by atoms with Crippen LogP contribution in [0.4, 0.5) is 11.6 Å². The Morgan fingerprint density at radius 1 is 1.05 bits per heavy atom. The summed E-state index contributed by atoms with van der Waals surface area (Å²) in [6, 6.07) is 15.7. The molecule has 3 aromatic rings. The van der Waals surface area contributed by atoms with Gasteiger partial charge in [0.2, 0.25) is 5.95 Å². The molecular weight excluding hydrogens is 238 g/mol. The van der Waals surface area contributed by atoms with Gasteiger partial charge in [-0.05, 0) is 29.8 Å². The predicted molar refractivity (Wildman–Crippen MR) is 77.5 cm³/mol. The van der Waals surface area contributed by atoms with Gasteiger partial charge in [-0.2, -0.15) is 0 Å². The lowest BCUT2D eigenvalue weighted by atomic mass is 10.2. The Morgan fingerprint density at radius 3 is 2.53 bits per heavy atom. The number of fused-ring (bicyclic) bond motifs is 1. The van der Waals surface area contributed by atoms with Gasteiger partial charge in [-0.15, -0.1) is 0 Å². The third-order valence-electron chi connectivity index (χ3n) is 3.10. The molecule has 2 aromatic carbocycles. The largest absolute Gasteiger partial charge is 0.399 e. The molecule has 0 unspecified atom stereocenters. The third kappa shape index (κ3) is 2.11. The first-order valence-corrected chi connectivity index (χ1v) is 6.04. The molecule has 0 atom stereocenters. The van der Waals surface area contributed by atoms with Crippen molar-refractivity contribution in [1.29, 1.82) is 0 Å². The average Bonchev–Trinajstić information content (AvgIpc) is 2.79. The second-order valence-corrected chi connectivity index (χ2v) is 4.40. The smallest absolute Gasteiger partial charge is 0.218 e. The number of nitrogens with two attached hydrogens (primary N) is 2. The van der Waals surface area contributed by atoms with Crippen LogP contribution in [0.25, 0.3) is 11.0 Å². The minimum Gasteiger partial charge on any atom is -0.399 e. The number of hydrogen-bond donors (Lipinski definition) is 3. The first kappa shape index (κ1) is 11.6. The number of rotatable bonds is 3. The highest BCUT2D eigenvalue weighted by Gasteiger charge is 2.09. The van der Waals surface area contributed by atoms with E-state index in [-0.39, 0.29) is 0 Å². The minimum atomic E-state index is 0.651. The van der Waals surface area contributed by atoms with Crippen LogP contribution in [0.2, 0.25) is 0 Å². The highest BCUT2D eigenvalue weighted by atomic mass is 15.3. The number of hydrogen-bond acceptors (Lipinski definition) is 4. The zero-order valence-electron chi connectivity index (χ0n) is 10.4. The Bertz CT molecular complexity index is 699. The number of imidazole rings is 1. The lowest BCUT2D eigenvalue weighted by Crippen LogP contribution is -2.13. The SMILES string of the molecule is NNc1nc2ccccc2n1Cc1ccc(N)cc1. The third-order valence-corrected chi connectivity index (χ3v) is 3.10. The van der Waals surface area contributed by atoms with E-state index in [0.29, 0.717) is 12.5 Å². The summed E-state index contributed by atoms with van der Waals surface area (Å²) in [5.41, 5.74) is 12.2. The van der Waals surface area contributed by atoms with Gasteiger partial charge >= 0.3 is 0 Å². The van der Waals surface area contributed by atoms with Crippen LogP contribution in [0.1, 0.15) is 5.56 Å². The second-order valence-electron chi connectivity index (χ2n) is 4.40. The van der Waals surface area contributed by atoms with E-state index in [2.05, 4.69) is 10.4 Å². The first-order chi connectivity index (χ1) is 9.28. The van der Waals surface area contributed by atoms with Crippen LogP contribution in [-0.2, 0) is 6.54 Å². The number of nitrogens with zero attached hydrogens (tertiary/aromatic N) is 2. The molecule has 0 spiro atoms. The molecule has 1 aromatic heterocycles. The standard InChI is InChI=1S/C14H15N5/c15-11-7-5-10(6-8-11)9-19-13-4-2-1-3-12(13)17-14(19)18-16/h1-8H,9,15-16H2,(H,17,18). The summed E-state index contributed by atoms with van der Waals surface area (Å²) in [6.45, 7) is 0.695. The van der Waals surface area contributed by atoms with Gasteiger partial charge in [-0.25, -0.2) is 10.8 Å². The molecule has 0 bridgehead atoms. The summed E-state index contributed by atoms with van der Waals surface area (Å²) in [5.74, 6) is 6.19. The van der Waals surface area contributed by atoms with Gasteiger partial charge in [0.1, 0.15) is 0 Å². The normalized spacial score (nSPS) is 10.8. The molecule has 0 aliphatic carbocycles. The molecule has 0 saturated carbocycles. The molecule has 0 radical (unpaired) electrons. The average molecular weight is 253 g/mol. The van der Waals surface area contributed by atoms with Gasteiger partial charge in [0.15, 0.2) is 0 Å². The maximum atomic E-state index is 5.70. The van der Waals surface area contributed by atoms with Crippen LogP contribution in [0, 0.1) is 0 Å². The van der Waals surface area contributed by atoms with E-state index in [0.717, 1.165) is 22.3 Å². The maximum absolute atomic E-state index is 5.70. The first-order valence-electron chi connectivity index (χ1n) is 6.04. The molecule has 96 valence electrons. The monoisotopic (exact) mass is 253 g/mol. The predicted octanol–water partition coefficient (Wildman–Crippen LogP) is 1.95. The quantitative estimate of drug-likeness (QED) is 0.378. The van der Waals surface area contributed by atoms with Gasteiger partial charge in [-0.1, -0.05) is 24.3 Å². The van der Waals surface area contributed by atoms with E-state index < -0.39 is 0 Å². The molecule has 19 heavy (non-hydrogen) atoms. The lowest BCUT2D eigenvalue weighted by Gasteiger charge is -2.08. The Morgan fingerprint density at radius 2 is 1.79 bits per heavy atom. The number of para-hydroxylation sites is 2. The van der Waals surface area contributed by atoms with Crippen LogP contribution in [0.3, 0.4) is 0 Å². The fourth-order valence-electron chi connectivity index (χ4n) is 2.15. The van der Waals surface area contributed by atoms with Crippen LogP contribution in [0.5, 0.6) is 0 Å². The van der Waals surface area contributed by atoms with Gasteiger partial charge in [0.05, 0.1) is 17.6 Å². The Kier molecular flexibility index (Phi) is 2.81. The summed E-state index contributed by atoms with van der Waals surface area (Å²) in [4.78, 5) is 4.45. The summed E-state index contributed by atoms with van der Waals surface area (Å²) in [7, 11) is 0. The van der Waals surface area contributed by atoms with Crippen molar-refractivity contribution in [3.8, 4) is 0 Å². The van der Waals surface area contributed by atoms with Crippen LogP contribution in [0.15, 0.2) is 48.5 Å². The number of anilines is 2. The van der Waals surface area contributed by atoms with Gasteiger partial charge in [0, 0.05) is 5.69 Å². The van der Waals surface area contributed by atoms with Crippen molar-refractivity contribution in [1.82, 2.24) is 9.55 Å². The van der Waals surface area contributed by atoms with E-state index in [4.69, 9.17) is 11.6 Å². The number of aromatic nitrogens is 2. The molecule has 0 aliphatic rings. The van der Waals surface area contributed by atoms with Gasteiger partial charge < -0.3 is 10.3 Å². The molecule has 0 amide bonds. The number of benzene rings is 2. The van der Waals surface area contributed by atoms with Crippen molar-refractivity contribution >= 4 is 22.7 Å². The van der Waals surface area contributed by atoms with Crippen molar-refractivity contribution in [2.24, 2.45) is 5.84 Å². The van der Waals surface area contributed by atoms with E-state index in [1.165, 1.54) is 0 Å². The van der Waals surface area contributed by atoms with Crippen molar-refractivity contribution < 1.29 is 0 Å². The molecule has 5 heteroatoms. The van der Waals surface area contributed by atoms with E-state index in [1.54, 1.807) is 0 Å². The summed E-state index contributed by atoms with van der Waals surface area (Å²) in [5, 5.41) is 0. The lowest BCUT2D eigenvalue weighted by molar-refractivity contribution is 0.827. The number of nitrogens with one attached hydrogen (secondary N) is 1. The van der Waals surface area contributed by atoms with Crippen molar-refractivity contribution in [3.05, 3.63) is 54.1 Å².